The van der Waals surface area contributed by atoms with Gasteiger partial charge in [-0.3, -0.25) is 0 Å². The van der Waals surface area contributed by atoms with Crippen molar-refractivity contribution < 1.29 is 0 Å². The maximum Gasteiger partial charge on any atom is 0.0543 e. The number of benzene rings is 4. The van der Waals surface area contributed by atoms with Gasteiger partial charge in [-0.05, 0) is 172 Å². The third-order valence-electron chi connectivity index (χ3n) is 15.9. The van der Waals surface area contributed by atoms with E-state index in [2.05, 4.69) is 167 Å². The highest BCUT2D eigenvalue weighted by Crippen LogP contribution is 2.61. The van der Waals surface area contributed by atoms with Gasteiger partial charge in [0, 0.05) is 11.5 Å². The molecule has 0 spiro atoms. The normalized spacial score (nSPS) is 24.1. The van der Waals surface area contributed by atoms with Crippen LogP contribution in [0.2, 0.25) is 0 Å². The fourth-order valence-corrected chi connectivity index (χ4v) is 12.2. The second kappa shape index (κ2) is 12.6. The molecule has 0 saturated heterocycles. The summed E-state index contributed by atoms with van der Waals surface area (Å²) in [6, 6.07) is 22.6. The van der Waals surface area contributed by atoms with Crippen molar-refractivity contribution in [1.29, 1.82) is 0 Å². The van der Waals surface area contributed by atoms with Crippen LogP contribution in [-0.4, -0.2) is 0 Å². The van der Waals surface area contributed by atoms with Crippen LogP contribution >= 0.6 is 0 Å². The SMILES string of the molecule is Cc1ccc2c(c1N(c1cc3c(cc1-c1cccc4c1CCCC4)C1C=CC=CC1C3(C)C)c1c(C)ccc3c1C(C)(C)CCC3(C)C)C(C)(C)CCC2(C)C. The number of aryl methyl sites for hydroxylation is 3. The number of allylic oxidation sites excluding steroid dienone is 4. The molecule has 9 rings (SSSR count). The van der Waals surface area contributed by atoms with E-state index in [0.29, 0.717) is 11.8 Å². The Morgan fingerprint density at radius 3 is 1.71 bits per heavy atom. The van der Waals surface area contributed by atoms with E-state index >= 15 is 0 Å². The highest BCUT2D eigenvalue weighted by Gasteiger charge is 2.48. The smallest absolute Gasteiger partial charge is 0.0543 e. The Bertz CT molecular complexity index is 2250. The number of fused-ring (bicyclic) bond motifs is 6. The molecule has 0 N–H and O–H groups in total. The summed E-state index contributed by atoms with van der Waals surface area (Å²) < 4.78 is 0. The van der Waals surface area contributed by atoms with Gasteiger partial charge in [0.25, 0.3) is 0 Å². The number of rotatable bonds is 4. The molecule has 2 unspecified atom stereocenters. The van der Waals surface area contributed by atoms with Gasteiger partial charge in [-0.25, -0.2) is 0 Å². The lowest BCUT2D eigenvalue weighted by Crippen LogP contribution is -2.38. The molecule has 0 saturated carbocycles. The van der Waals surface area contributed by atoms with Crippen molar-refractivity contribution in [3.8, 4) is 11.1 Å². The molecule has 4 aromatic rings. The summed E-state index contributed by atoms with van der Waals surface area (Å²) in [5.74, 6) is 0.836. The summed E-state index contributed by atoms with van der Waals surface area (Å²) in [6.07, 6.45) is 19.2. The number of hydrogen-bond acceptors (Lipinski definition) is 1. The third kappa shape index (κ3) is 5.52. The third-order valence-corrected chi connectivity index (χ3v) is 15.9. The number of anilines is 3. The molecule has 0 aliphatic heterocycles. The molecule has 5 aliphatic carbocycles. The van der Waals surface area contributed by atoms with E-state index < -0.39 is 0 Å². The summed E-state index contributed by atoms with van der Waals surface area (Å²) in [5, 5.41) is 0. The molecule has 56 heavy (non-hydrogen) atoms. The van der Waals surface area contributed by atoms with Crippen molar-refractivity contribution >= 4 is 17.1 Å². The maximum absolute atomic E-state index is 2.89. The summed E-state index contributed by atoms with van der Waals surface area (Å²) in [5.41, 5.74) is 22.4. The summed E-state index contributed by atoms with van der Waals surface area (Å²) in [4.78, 5) is 2.89. The van der Waals surface area contributed by atoms with Crippen LogP contribution in [0, 0.1) is 19.8 Å². The Morgan fingerprint density at radius 2 is 1.11 bits per heavy atom. The standard InChI is InChI=1S/C55H67N/c1-34-24-26-43-47(53(7,8)30-28-51(43,3)4)49(34)56(50-35(2)25-27-44-48(50)54(9,10)31-29-52(44,5)6)46-33-45-40(39-21-15-16-23-42(39)55(45,11)12)32-41(46)38-22-17-19-36-18-13-14-20-37(36)38/h15-17,19,21-27,32-33,39,42H,13-14,18,20,28-31H2,1-12H3. The Morgan fingerprint density at radius 1 is 0.554 bits per heavy atom. The Kier molecular flexibility index (Phi) is 8.47. The largest absolute Gasteiger partial charge is 0.309 e. The molecule has 0 bridgehead atoms. The molecule has 0 aromatic heterocycles. The molecule has 2 atom stereocenters. The quantitative estimate of drug-likeness (QED) is 0.201. The first kappa shape index (κ1) is 37.7. The minimum Gasteiger partial charge on any atom is -0.309 e. The summed E-state index contributed by atoms with van der Waals surface area (Å²) >= 11 is 0. The van der Waals surface area contributed by atoms with Crippen LogP contribution < -0.4 is 4.90 Å². The predicted molar refractivity (Wildman–Crippen MR) is 241 cm³/mol. The van der Waals surface area contributed by atoms with E-state index in [1.807, 2.05) is 0 Å². The number of hydrogen-bond donors (Lipinski definition) is 0. The van der Waals surface area contributed by atoms with E-state index in [1.165, 1.54) is 107 Å². The van der Waals surface area contributed by atoms with Crippen molar-refractivity contribution in [3.63, 3.8) is 0 Å². The zero-order valence-corrected chi connectivity index (χ0v) is 36.8. The van der Waals surface area contributed by atoms with Gasteiger partial charge in [0.15, 0.2) is 0 Å². The van der Waals surface area contributed by atoms with Crippen LogP contribution in [0.1, 0.15) is 169 Å². The molecule has 0 fully saturated rings. The lowest BCUT2D eigenvalue weighted by atomic mass is 9.61. The Labute approximate surface area is 339 Å². The van der Waals surface area contributed by atoms with Crippen LogP contribution in [0.3, 0.4) is 0 Å². The van der Waals surface area contributed by atoms with E-state index in [-0.39, 0.29) is 27.1 Å². The summed E-state index contributed by atoms with van der Waals surface area (Å²) in [6.45, 7) is 30.0. The minimum absolute atomic E-state index is 0.00479. The highest BCUT2D eigenvalue weighted by molar-refractivity contribution is 5.95. The lowest BCUT2D eigenvalue weighted by Gasteiger charge is -2.48. The molecule has 0 amide bonds. The van der Waals surface area contributed by atoms with Gasteiger partial charge in [0.1, 0.15) is 0 Å². The van der Waals surface area contributed by atoms with Crippen LogP contribution in [0.15, 0.2) is 78.9 Å². The minimum atomic E-state index is -0.00479. The van der Waals surface area contributed by atoms with Crippen LogP contribution in [0.25, 0.3) is 11.1 Å². The molecule has 1 heteroatoms. The zero-order chi connectivity index (χ0) is 39.7. The lowest BCUT2D eigenvalue weighted by molar-refractivity contribution is 0.331. The van der Waals surface area contributed by atoms with E-state index in [9.17, 15) is 0 Å². The first-order chi connectivity index (χ1) is 26.3. The van der Waals surface area contributed by atoms with Crippen LogP contribution in [-0.2, 0) is 39.9 Å². The molecule has 0 heterocycles. The van der Waals surface area contributed by atoms with Crippen molar-refractivity contribution in [2.45, 2.75) is 167 Å². The van der Waals surface area contributed by atoms with Gasteiger partial charge >= 0.3 is 0 Å². The van der Waals surface area contributed by atoms with E-state index in [4.69, 9.17) is 0 Å². The van der Waals surface area contributed by atoms with Gasteiger partial charge in [0.05, 0.1) is 17.1 Å². The molecular formula is C55H67N. The second-order valence-electron chi connectivity index (χ2n) is 21.8. The van der Waals surface area contributed by atoms with Crippen LogP contribution in [0.5, 0.6) is 0 Å². The molecule has 5 aliphatic rings. The number of nitrogens with zero attached hydrogens (tertiary/aromatic N) is 1. The van der Waals surface area contributed by atoms with E-state index in [1.54, 1.807) is 22.3 Å². The molecule has 292 valence electrons. The first-order valence-electron chi connectivity index (χ1n) is 22.1. The Hall–Kier alpha value is -3.84. The first-order valence-corrected chi connectivity index (χ1v) is 22.1. The molecule has 1 nitrogen and oxygen atoms in total. The van der Waals surface area contributed by atoms with E-state index in [0.717, 1.165) is 6.42 Å². The van der Waals surface area contributed by atoms with Crippen molar-refractivity contribution in [3.05, 3.63) is 135 Å². The van der Waals surface area contributed by atoms with Gasteiger partial charge in [0.2, 0.25) is 0 Å². The van der Waals surface area contributed by atoms with Gasteiger partial charge in [-0.15, -0.1) is 0 Å². The fourth-order valence-electron chi connectivity index (χ4n) is 12.2. The second-order valence-corrected chi connectivity index (χ2v) is 21.8. The van der Waals surface area contributed by atoms with Gasteiger partial charge in [-0.1, -0.05) is 136 Å². The topological polar surface area (TPSA) is 3.24 Å². The molecular weight excluding hydrogens is 675 g/mol. The van der Waals surface area contributed by atoms with Gasteiger partial charge in [-0.2, -0.15) is 0 Å². The highest BCUT2D eigenvalue weighted by atomic mass is 15.2. The summed E-state index contributed by atoms with van der Waals surface area (Å²) in [7, 11) is 0. The van der Waals surface area contributed by atoms with Crippen molar-refractivity contribution in [2.75, 3.05) is 4.90 Å². The van der Waals surface area contributed by atoms with Crippen molar-refractivity contribution in [1.82, 2.24) is 0 Å². The van der Waals surface area contributed by atoms with Crippen molar-refractivity contribution in [2.24, 2.45) is 5.92 Å². The molecule has 4 aromatic carbocycles. The van der Waals surface area contributed by atoms with Crippen LogP contribution in [0.4, 0.5) is 17.1 Å². The average molecular weight is 742 g/mol. The van der Waals surface area contributed by atoms with Gasteiger partial charge < -0.3 is 4.90 Å². The molecule has 0 radical (unpaired) electrons. The predicted octanol–water partition coefficient (Wildman–Crippen LogP) is 15.1. The fraction of sp³-hybridized carbons (Fsp3) is 0.491. The maximum atomic E-state index is 2.89. The zero-order valence-electron chi connectivity index (χ0n) is 36.8. The average Bonchev–Trinajstić information content (AvgIpc) is 3.38. The Balaban J connectivity index is 1.48. The monoisotopic (exact) mass is 742 g/mol.